The predicted molar refractivity (Wildman–Crippen MR) is 130 cm³/mol. The van der Waals surface area contributed by atoms with Crippen LogP contribution in [0.25, 0.3) is 0 Å². The molecule has 0 aliphatic heterocycles. The third-order valence-corrected chi connectivity index (χ3v) is 6.24. The van der Waals surface area contributed by atoms with E-state index in [-0.39, 0.29) is 28.8 Å². The average molecular weight is 490 g/mol. The third kappa shape index (κ3) is 6.93. The third-order valence-electron chi connectivity index (χ3n) is 4.35. The maximum Gasteiger partial charge on any atom is 0.295 e. The Balaban J connectivity index is 0.000000316. The quantitative estimate of drug-likeness (QED) is 0.377. The number of carbonyl (C=O) groups is 1. The zero-order valence-electron chi connectivity index (χ0n) is 19.4. The number of rotatable bonds is 6. The van der Waals surface area contributed by atoms with Gasteiger partial charge in [0.25, 0.3) is 5.56 Å². The SMILES string of the molecule is COC[C@H](C)N(C(=O)CCl)c1c(C)csc1C.CSc1nnc(C(C)(C)C)c(=O)n1N. The van der Waals surface area contributed by atoms with Gasteiger partial charge in [0.2, 0.25) is 11.1 Å². The summed E-state index contributed by atoms with van der Waals surface area (Å²) in [6.07, 6.45) is 1.80. The Morgan fingerprint density at radius 3 is 2.42 bits per heavy atom. The van der Waals surface area contributed by atoms with Gasteiger partial charge in [-0.2, -0.15) is 4.68 Å². The molecule has 2 rings (SSSR count). The summed E-state index contributed by atoms with van der Waals surface area (Å²) in [6.45, 7) is 12.2. The Labute approximate surface area is 197 Å². The van der Waals surface area contributed by atoms with E-state index in [1.54, 1.807) is 29.6 Å². The minimum Gasteiger partial charge on any atom is -0.383 e. The highest BCUT2D eigenvalue weighted by Gasteiger charge is 2.25. The number of carbonyl (C=O) groups excluding carboxylic acids is 1. The summed E-state index contributed by atoms with van der Waals surface area (Å²) in [4.78, 5) is 26.6. The molecular formula is C20H32ClN5O3S2. The molecule has 0 bridgehead atoms. The van der Waals surface area contributed by atoms with Gasteiger partial charge in [0.15, 0.2) is 0 Å². The number of ether oxygens (including phenoxy) is 1. The molecule has 0 fully saturated rings. The van der Waals surface area contributed by atoms with Crippen molar-refractivity contribution in [2.75, 3.05) is 36.6 Å². The van der Waals surface area contributed by atoms with Gasteiger partial charge < -0.3 is 15.5 Å². The summed E-state index contributed by atoms with van der Waals surface area (Å²) < 4.78 is 6.16. The molecule has 1 atom stereocenters. The van der Waals surface area contributed by atoms with Gasteiger partial charge in [0.05, 0.1) is 18.3 Å². The molecule has 0 saturated heterocycles. The molecule has 2 N–H and O–H groups in total. The molecule has 0 aliphatic rings. The van der Waals surface area contributed by atoms with Crippen molar-refractivity contribution in [1.82, 2.24) is 14.9 Å². The van der Waals surface area contributed by atoms with Crippen LogP contribution < -0.4 is 16.3 Å². The van der Waals surface area contributed by atoms with E-state index in [9.17, 15) is 9.59 Å². The van der Waals surface area contributed by atoms with Crippen molar-refractivity contribution in [1.29, 1.82) is 0 Å². The number of halogens is 1. The molecule has 0 unspecified atom stereocenters. The van der Waals surface area contributed by atoms with Crippen molar-refractivity contribution in [2.24, 2.45) is 0 Å². The number of hydrogen-bond donors (Lipinski definition) is 1. The lowest BCUT2D eigenvalue weighted by Gasteiger charge is -2.29. The highest BCUT2D eigenvalue weighted by atomic mass is 35.5. The first kappa shape index (κ1) is 27.4. The van der Waals surface area contributed by atoms with Crippen molar-refractivity contribution >= 4 is 46.3 Å². The van der Waals surface area contributed by atoms with E-state index in [4.69, 9.17) is 22.2 Å². The summed E-state index contributed by atoms with van der Waals surface area (Å²) in [5.74, 6) is 5.48. The lowest BCUT2D eigenvalue weighted by atomic mass is 9.93. The smallest absolute Gasteiger partial charge is 0.295 e. The monoisotopic (exact) mass is 489 g/mol. The first-order valence-corrected chi connectivity index (χ1v) is 12.2. The second-order valence-electron chi connectivity index (χ2n) is 7.99. The molecule has 174 valence electrons. The maximum atomic E-state index is 12.0. The number of thiophene rings is 1. The van der Waals surface area contributed by atoms with Crippen LogP contribution in [0.5, 0.6) is 0 Å². The summed E-state index contributed by atoms with van der Waals surface area (Å²) >= 11 is 8.62. The molecule has 0 aliphatic carbocycles. The number of aryl methyl sites for hydroxylation is 2. The minimum atomic E-state index is -0.331. The number of hydrogen-bond acceptors (Lipinski definition) is 8. The molecule has 0 aromatic carbocycles. The van der Waals surface area contributed by atoms with Crippen molar-refractivity contribution in [3.8, 4) is 0 Å². The molecule has 2 heterocycles. The Morgan fingerprint density at radius 1 is 1.39 bits per heavy atom. The Hall–Kier alpha value is -1.62. The Morgan fingerprint density at radius 2 is 2.00 bits per heavy atom. The molecule has 0 saturated carbocycles. The van der Waals surface area contributed by atoms with Crippen LogP contribution in [0, 0.1) is 13.8 Å². The molecular weight excluding hydrogens is 458 g/mol. The van der Waals surface area contributed by atoms with Crippen LogP contribution in [0.3, 0.4) is 0 Å². The summed E-state index contributed by atoms with van der Waals surface area (Å²) in [5.41, 5.74) is 1.86. The van der Waals surface area contributed by atoms with E-state index in [1.165, 1.54) is 11.8 Å². The van der Waals surface area contributed by atoms with Gasteiger partial charge in [-0.15, -0.1) is 33.1 Å². The molecule has 11 heteroatoms. The Bertz CT molecular complexity index is 920. The van der Waals surface area contributed by atoms with Crippen molar-refractivity contribution < 1.29 is 9.53 Å². The Kier molecular flexibility index (Phi) is 10.5. The van der Waals surface area contributed by atoms with Crippen LogP contribution in [0.1, 0.15) is 43.8 Å². The molecule has 0 radical (unpaired) electrons. The standard InChI is InChI=1S/C12H18ClNO2S.C8H14N4OS/c1-8-7-17-10(3)12(8)14(11(15)5-13)9(2)6-16-4;1-8(2,3)5-6(13)12(9)7(14-4)11-10-5/h7,9H,5-6H2,1-4H3;9H2,1-4H3/t9-;/m0./s1. The highest BCUT2D eigenvalue weighted by molar-refractivity contribution is 7.98. The maximum absolute atomic E-state index is 12.0. The summed E-state index contributed by atoms with van der Waals surface area (Å²) in [5, 5.41) is 10.2. The van der Waals surface area contributed by atoms with E-state index in [0.29, 0.717) is 17.5 Å². The van der Waals surface area contributed by atoms with Crippen LogP contribution in [0.15, 0.2) is 15.3 Å². The lowest BCUT2D eigenvalue weighted by molar-refractivity contribution is -0.116. The van der Waals surface area contributed by atoms with Crippen molar-refractivity contribution in [3.05, 3.63) is 31.9 Å². The number of aromatic nitrogens is 3. The molecule has 8 nitrogen and oxygen atoms in total. The van der Waals surface area contributed by atoms with Crippen molar-refractivity contribution in [3.63, 3.8) is 0 Å². The normalized spacial score (nSPS) is 12.2. The van der Waals surface area contributed by atoms with Crippen molar-refractivity contribution in [2.45, 2.75) is 58.2 Å². The van der Waals surface area contributed by atoms with Crippen LogP contribution in [-0.4, -0.2) is 52.7 Å². The fourth-order valence-electron chi connectivity index (χ4n) is 2.89. The van der Waals surface area contributed by atoms with E-state index < -0.39 is 0 Å². The second kappa shape index (κ2) is 11.8. The van der Waals surface area contributed by atoms with Crippen LogP contribution in [0.2, 0.25) is 0 Å². The molecule has 2 aromatic rings. The van der Waals surface area contributed by atoms with Crippen LogP contribution >= 0.6 is 34.7 Å². The number of amides is 1. The first-order valence-electron chi connectivity index (χ1n) is 9.61. The second-order valence-corrected chi connectivity index (χ2v) is 10.1. The van der Waals surface area contributed by atoms with E-state index >= 15 is 0 Å². The first-order chi connectivity index (χ1) is 14.4. The molecule has 2 aromatic heterocycles. The number of nitrogens with zero attached hydrogens (tertiary/aromatic N) is 4. The highest BCUT2D eigenvalue weighted by Crippen LogP contribution is 2.32. The topological polar surface area (TPSA) is 103 Å². The number of nitrogens with two attached hydrogens (primary N) is 1. The van der Waals surface area contributed by atoms with Gasteiger partial charge in [-0.25, -0.2) is 0 Å². The molecule has 31 heavy (non-hydrogen) atoms. The van der Waals surface area contributed by atoms with Gasteiger partial charge in [0, 0.05) is 17.4 Å². The summed E-state index contributed by atoms with van der Waals surface area (Å²) in [6, 6.07) is -0.0155. The van der Waals surface area contributed by atoms with Gasteiger partial charge in [-0.3, -0.25) is 9.59 Å². The van der Waals surface area contributed by atoms with Gasteiger partial charge >= 0.3 is 0 Å². The van der Waals surface area contributed by atoms with Gasteiger partial charge in [0.1, 0.15) is 11.6 Å². The van der Waals surface area contributed by atoms with Crippen LogP contribution in [-0.2, 0) is 14.9 Å². The number of nitrogen functional groups attached to an aromatic ring is 1. The number of thioether (sulfide) groups is 1. The number of alkyl halides is 1. The zero-order valence-corrected chi connectivity index (χ0v) is 21.7. The zero-order chi connectivity index (χ0) is 23.9. The average Bonchev–Trinajstić information content (AvgIpc) is 3.02. The van der Waals surface area contributed by atoms with Gasteiger partial charge in [-0.1, -0.05) is 32.5 Å². The van der Waals surface area contributed by atoms with Crippen LogP contribution in [0.4, 0.5) is 5.69 Å². The van der Waals surface area contributed by atoms with E-state index in [2.05, 4.69) is 15.6 Å². The minimum absolute atomic E-state index is 0.0111. The summed E-state index contributed by atoms with van der Waals surface area (Å²) in [7, 11) is 1.63. The fraction of sp³-hybridized carbons (Fsp3) is 0.600. The van der Waals surface area contributed by atoms with Gasteiger partial charge in [-0.05, 0) is 38.0 Å². The number of anilines is 1. The predicted octanol–water partition coefficient (Wildman–Crippen LogP) is 3.34. The molecule has 1 amide bonds. The van der Waals surface area contributed by atoms with E-state index in [0.717, 1.165) is 20.8 Å². The lowest BCUT2D eigenvalue weighted by Crippen LogP contribution is -2.42. The van der Waals surface area contributed by atoms with E-state index in [1.807, 2.05) is 41.5 Å². The molecule has 0 spiro atoms. The fourth-order valence-corrected chi connectivity index (χ4v) is 4.26. The largest absolute Gasteiger partial charge is 0.383 e. The number of methoxy groups -OCH3 is 1.